The minimum Gasteiger partial charge on any atom is -0.480 e. The van der Waals surface area contributed by atoms with Gasteiger partial charge in [0.05, 0.1) is 12.0 Å². The second-order valence-electron chi connectivity index (χ2n) is 7.80. The topological polar surface area (TPSA) is 75.6 Å². The molecule has 0 saturated carbocycles. The highest BCUT2D eigenvalue weighted by atomic mass is 16.5. The van der Waals surface area contributed by atoms with E-state index in [9.17, 15) is 14.7 Å². The zero-order valence-electron chi connectivity index (χ0n) is 16.0. The third-order valence-corrected chi connectivity index (χ3v) is 3.61. The molecular formula is C20H31NO4. The van der Waals surface area contributed by atoms with Gasteiger partial charge in [0.2, 0.25) is 5.91 Å². The van der Waals surface area contributed by atoms with Gasteiger partial charge in [-0.15, -0.1) is 0 Å². The SMILES string of the molecule is CC(C)Cc1ccc(CC(=O)NC(CCOC(C)(C)C)C(=O)O)cc1. The molecule has 5 heteroatoms. The van der Waals surface area contributed by atoms with E-state index in [-0.39, 0.29) is 31.0 Å². The van der Waals surface area contributed by atoms with Crippen molar-refractivity contribution in [2.24, 2.45) is 5.92 Å². The van der Waals surface area contributed by atoms with Gasteiger partial charge in [0.15, 0.2) is 0 Å². The maximum absolute atomic E-state index is 12.1. The highest BCUT2D eigenvalue weighted by Gasteiger charge is 2.21. The first-order chi connectivity index (χ1) is 11.6. The summed E-state index contributed by atoms with van der Waals surface area (Å²) in [5.74, 6) is -0.751. The minimum absolute atomic E-state index is 0.172. The van der Waals surface area contributed by atoms with Crippen LogP contribution in [0.15, 0.2) is 24.3 Å². The van der Waals surface area contributed by atoms with E-state index in [0.717, 1.165) is 12.0 Å². The molecule has 2 N–H and O–H groups in total. The second kappa shape index (κ2) is 9.56. The van der Waals surface area contributed by atoms with E-state index in [1.54, 1.807) is 0 Å². The average molecular weight is 349 g/mol. The van der Waals surface area contributed by atoms with Crippen LogP contribution in [0.4, 0.5) is 0 Å². The summed E-state index contributed by atoms with van der Waals surface area (Å²) < 4.78 is 5.54. The van der Waals surface area contributed by atoms with Crippen LogP contribution >= 0.6 is 0 Å². The predicted molar refractivity (Wildman–Crippen MR) is 98.6 cm³/mol. The molecule has 25 heavy (non-hydrogen) atoms. The fourth-order valence-corrected chi connectivity index (χ4v) is 2.44. The lowest BCUT2D eigenvalue weighted by Crippen LogP contribution is -2.42. The van der Waals surface area contributed by atoms with Gasteiger partial charge in [0.25, 0.3) is 0 Å². The van der Waals surface area contributed by atoms with Crippen LogP contribution in [0.2, 0.25) is 0 Å². The summed E-state index contributed by atoms with van der Waals surface area (Å²) in [6.07, 6.45) is 1.42. The standard InChI is InChI=1S/C20H31NO4/c1-14(2)12-15-6-8-16(9-7-15)13-18(22)21-17(19(23)24)10-11-25-20(3,4)5/h6-9,14,17H,10-13H2,1-5H3,(H,21,22)(H,23,24). The number of nitrogens with one attached hydrogen (secondary N) is 1. The Morgan fingerprint density at radius 2 is 1.68 bits per heavy atom. The van der Waals surface area contributed by atoms with Gasteiger partial charge in [-0.3, -0.25) is 4.79 Å². The van der Waals surface area contributed by atoms with Crippen LogP contribution in [0.1, 0.15) is 52.2 Å². The Morgan fingerprint density at radius 1 is 1.12 bits per heavy atom. The van der Waals surface area contributed by atoms with E-state index >= 15 is 0 Å². The molecule has 0 saturated heterocycles. The van der Waals surface area contributed by atoms with E-state index in [1.165, 1.54) is 5.56 Å². The molecule has 1 rings (SSSR count). The van der Waals surface area contributed by atoms with Gasteiger partial charge >= 0.3 is 5.97 Å². The molecule has 0 radical (unpaired) electrons. The fraction of sp³-hybridized carbons (Fsp3) is 0.600. The summed E-state index contributed by atoms with van der Waals surface area (Å²) in [6.45, 7) is 10.3. The van der Waals surface area contributed by atoms with Crippen LogP contribution in [0.3, 0.4) is 0 Å². The van der Waals surface area contributed by atoms with Crippen LogP contribution in [0.5, 0.6) is 0 Å². The molecule has 1 aromatic carbocycles. The average Bonchev–Trinajstić information content (AvgIpc) is 2.46. The number of rotatable bonds is 9. The zero-order valence-corrected chi connectivity index (χ0v) is 16.0. The quantitative estimate of drug-likeness (QED) is 0.718. The third-order valence-electron chi connectivity index (χ3n) is 3.61. The first kappa shape index (κ1) is 21.2. The number of hydrogen-bond donors (Lipinski definition) is 2. The summed E-state index contributed by atoms with van der Waals surface area (Å²) in [4.78, 5) is 23.5. The molecule has 0 spiro atoms. The zero-order chi connectivity index (χ0) is 19.0. The van der Waals surface area contributed by atoms with Gasteiger partial charge in [-0.05, 0) is 44.2 Å². The van der Waals surface area contributed by atoms with Crippen molar-refractivity contribution < 1.29 is 19.4 Å². The maximum atomic E-state index is 12.1. The molecule has 140 valence electrons. The maximum Gasteiger partial charge on any atom is 0.326 e. The van der Waals surface area contributed by atoms with Crippen molar-refractivity contribution in [2.75, 3.05) is 6.61 Å². The number of carboxylic acids is 1. The van der Waals surface area contributed by atoms with Gasteiger partial charge in [-0.25, -0.2) is 4.79 Å². The number of carbonyl (C=O) groups excluding carboxylic acids is 1. The summed E-state index contributed by atoms with van der Waals surface area (Å²) in [5, 5.41) is 11.8. The summed E-state index contributed by atoms with van der Waals surface area (Å²) >= 11 is 0. The Hall–Kier alpha value is -1.88. The van der Waals surface area contributed by atoms with Gasteiger partial charge in [0, 0.05) is 13.0 Å². The van der Waals surface area contributed by atoms with Crippen molar-refractivity contribution in [3.8, 4) is 0 Å². The van der Waals surface area contributed by atoms with E-state index in [0.29, 0.717) is 5.92 Å². The van der Waals surface area contributed by atoms with Crippen LogP contribution < -0.4 is 5.32 Å². The van der Waals surface area contributed by atoms with Gasteiger partial charge in [-0.2, -0.15) is 0 Å². The fourth-order valence-electron chi connectivity index (χ4n) is 2.44. The van der Waals surface area contributed by atoms with E-state index in [1.807, 2.05) is 45.0 Å². The van der Waals surface area contributed by atoms with Gasteiger partial charge < -0.3 is 15.2 Å². The first-order valence-corrected chi connectivity index (χ1v) is 8.81. The third kappa shape index (κ3) is 9.25. The second-order valence-corrected chi connectivity index (χ2v) is 7.80. The molecule has 0 heterocycles. The van der Waals surface area contributed by atoms with Crippen molar-refractivity contribution in [1.82, 2.24) is 5.32 Å². The van der Waals surface area contributed by atoms with Crippen LogP contribution in [0, 0.1) is 5.92 Å². The van der Waals surface area contributed by atoms with Crippen molar-refractivity contribution in [2.45, 2.75) is 65.5 Å². The molecule has 1 atom stereocenters. The molecule has 0 aliphatic heterocycles. The smallest absolute Gasteiger partial charge is 0.326 e. The number of carboxylic acid groups (broad SMARTS) is 1. The number of ether oxygens (including phenoxy) is 1. The highest BCUT2D eigenvalue weighted by molar-refractivity contribution is 5.84. The molecule has 1 amide bonds. The monoisotopic (exact) mass is 349 g/mol. The molecule has 1 unspecified atom stereocenters. The lowest BCUT2D eigenvalue weighted by atomic mass is 10.0. The number of aliphatic carboxylic acids is 1. The summed E-state index contributed by atoms with van der Waals surface area (Å²) in [6, 6.07) is 6.96. The van der Waals surface area contributed by atoms with Crippen molar-refractivity contribution in [3.05, 3.63) is 35.4 Å². The Bertz CT molecular complexity index is 558. The van der Waals surface area contributed by atoms with E-state index in [2.05, 4.69) is 19.2 Å². The number of hydrogen-bond acceptors (Lipinski definition) is 3. The van der Waals surface area contributed by atoms with Crippen molar-refractivity contribution in [3.63, 3.8) is 0 Å². The van der Waals surface area contributed by atoms with E-state index in [4.69, 9.17) is 4.74 Å². The lowest BCUT2D eigenvalue weighted by molar-refractivity contribution is -0.142. The Balaban J connectivity index is 2.52. The molecule has 0 aromatic heterocycles. The van der Waals surface area contributed by atoms with Crippen LogP contribution in [-0.4, -0.2) is 35.2 Å². The Morgan fingerprint density at radius 3 is 2.16 bits per heavy atom. The summed E-state index contributed by atoms with van der Waals surface area (Å²) in [5.41, 5.74) is 1.78. The number of amides is 1. The molecule has 1 aromatic rings. The van der Waals surface area contributed by atoms with Gasteiger partial charge in [0.1, 0.15) is 6.04 Å². The minimum atomic E-state index is -1.04. The van der Waals surface area contributed by atoms with Crippen molar-refractivity contribution in [1.29, 1.82) is 0 Å². The molecule has 0 bridgehead atoms. The predicted octanol–water partition coefficient (Wildman–Crippen LogP) is 3.20. The molecule has 0 aliphatic rings. The first-order valence-electron chi connectivity index (χ1n) is 8.81. The number of carbonyl (C=O) groups is 2. The summed E-state index contributed by atoms with van der Waals surface area (Å²) in [7, 11) is 0. The molecule has 0 aliphatic carbocycles. The molecule has 0 fully saturated rings. The van der Waals surface area contributed by atoms with Crippen LogP contribution in [-0.2, 0) is 27.2 Å². The normalized spacial score (nSPS) is 12.9. The van der Waals surface area contributed by atoms with E-state index < -0.39 is 12.0 Å². The van der Waals surface area contributed by atoms with Crippen molar-refractivity contribution >= 4 is 11.9 Å². The highest BCUT2D eigenvalue weighted by Crippen LogP contribution is 2.11. The molecule has 5 nitrogen and oxygen atoms in total. The molecular weight excluding hydrogens is 318 g/mol. The van der Waals surface area contributed by atoms with Crippen LogP contribution in [0.25, 0.3) is 0 Å². The Labute approximate surface area is 150 Å². The lowest BCUT2D eigenvalue weighted by Gasteiger charge is -2.21. The largest absolute Gasteiger partial charge is 0.480 e. The number of benzene rings is 1. The Kier molecular flexibility index (Phi) is 8.10. The van der Waals surface area contributed by atoms with Gasteiger partial charge in [-0.1, -0.05) is 38.1 Å².